The number of anilines is 1. The molecule has 3 rings (SSSR count). The van der Waals surface area contributed by atoms with Crippen LogP contribution in [0, 0.1) is 0 Å². The van der Waals surface area contributed by atoms with Crippen LogP contribution in [0.2, 0.25) is 10.0 Å². The molecule has 0 radical (unpaired) electrons. The first-order valence-corrected chi connectivity index (χ1v) is 8.60. The van der Waals surface area contributed by atoms with Gasteiger partial charge in [0.1, 0.15) is 0 Å². The quantitative estimate of drug-likeness (QED) is 0.591. The normalized spacial score (nSPS) is 15.1. The van der Waals surface area contributed by atoms with Crippen molar-refractivity contribution in [2.24, 2.45) is 0 Å². The fourth-order valence-electron chi connectivity index (χ4n) is 2.69. The molecule has 1 aliphatic heterocycles. The van der Waals surface area contributed by atoms with Gasteiger partial charge in [-0.15, -0.1) is 0 Å². The molecule has 2 aromatic carbocycles. The maximum Gasteiger partial charge on any atom is 0.187 e. The van der Waals surface area contributed by atoms with E-state index in [9.17, 15) is 4.79 Å². The van der Waals surface area contributed by atoms with Crippen LogP contribution >= 0.6 is 23.2 Å². The van der Waals surface area contributed by atoms with Gasteiger partial charge in [0.25, 0.3) is 0 Å². The van der Waals surface area contributed by atoms with E-state index >= 15 is 0 Å². The Morgan fingerprint density at radius 3 is 2.29 bits per heavy atom. The molecule has 2 aromatic rings. The number of piperazine rings is 1. The third kappa shape index (κ3) is 4.31. The zero-order chi connectivity index (χ0) is 16.9. The van der Waals surface area contributed by atoms with Crippen LogP contribution < -0.4 is 4.90 Å². The van der Waals surface area contributed by atoms with Gasteiger partial charge in [-0.2, -0.15) is 0 Å². The van der Waals surface area contributed by atoms with Gasteiger partial charge in [-0.1, -0.05) is 29.3 Å². The van der Waals surface area contributed by atoms with Crippen LogP contribution in [0.1, 0.15) is 10.4 Å². The molecule has 1 saturated heterocycles. The summed E-state index contributed by atoms with van der Waals surface area (Å²) in [4.78, 5) is 16.6. The van der Waals surface area contributed by atoms with Crippen molar-refractivity contribution >= 4 is 34.7 Å². The Labute approximate surface area is 152 Å². The molecule has 0 unspecified atom stereocenters. The highest BCUT2D eigenvalue weighted by Crippen LogP contribution is 2.20. The second kappa shape index (κ2) is 7.73. The minimum Gasteiger partial charge on any atom is -0.374 e. The smallest absolute Gasteiger partial charge is 0.187 e. The van der Waals surface area contributed by atoms with Gasteiger partial charge in [0.05, 0.1) is 0 Å². The molecule has 0 saturated carbocycles. The maximum atomic E-state index is 12.1. The molecule has 24 heavy (non-hydrogen) atoms. The summed E-state index contributed by atoms with van der Waals surface area (Å²) in [6.45, 7) is 3.55. The fourth-order valence-corrected chi connectivity index (χ4v) is 3.00. The molecular formula is C19H18Cl2N2O. The van der Waals surface area contributed by atoms with E-state index in [-0.39, 0.29) is 5.78 Å². The molecule has 0 spiro atoms. The topological polar surface area (TPSA) is 23.6 Å². The molecule has 3 nitrogen and oxygen atoms in total. The van der Waals surface area contributed by atoms with Gasteiger partial charge < -0.3 is 9.80 Å². The molecular weight excluding hydrogens is 343 g/mol. The predicted molar refractivity (Wildman–Crippen MR) is 100 cm³/mol. The number of carbonyl (C=O) groups is 1. The monoisotopic (exact) mass is 360 g/mol. The number of allylic oxidation sites excluding steroid dienone is 1. The van der Waals surface area contributed by atoms with Crippen molar-refractivity contribution in [1.82, 2.24) is 4.90 Å². The number of ketones is 1. The Balaban J connectivity index is 1.55. The van der Waals surface area contributed by atoms with Crippen LogP contribution in [0.3, 0.4) is 0 Å². The SMILES string of the molecule is O=C(/C=C/N1CCN(c2cccc(Cl)c2)CC1)c1ccc(Cl)cc1. The number of halogens is 2. The lowest BCUT2D eigenvalue weighted by atomic mass is 10.1. The molecule has 0 amide bonds. The van der Waals surface area contributed by atoms with E-state index in [2.05, 4.69) is 15.9 Å². The Kier molecular flexibility index (Phi) is 5.44. The first kappa shape index (κ1) is 16.9. The van der Waals surface area contributed by atoms with Crippen molar-refractivity contribution in [3.8, 4) is 0 Å². The number of hydrogen-bond donors (Lipinski definition) is 0. The molecule has 0 atom stereocenters. The van der Waals surface area contributed by atoms with Gasteiger partial charge in [-0.25, -0.2) is 0 Å². The van der Waals surface area contributed by atoms with Crippen molar-refractivity contribution in [3.63, 3.8) is 0 Å². The summed E-state index contributed by atoms with van der Waals surface area (Å²) in [7, 11) is 0. The average Bonchev–Trinajstić information content (AvgIpc) is 2.61. The highest BCUT2D eigenvalue weighted by molar-refractivity contribution is 6.31. The van der Waals surface area contributed by atoms with Gasteiger partial charge in [-0.3, -0.25) is 4.79 Å². The highest BCUT2D eigenvalue weighted by atomic mass is 35.5. The second-order valence-corrected chi connectivity index (χ2v) is 6.56. The Morgan fingerprint density at radius 2 is 1.62 bits per heavy atom. The average molecular weight is 361 g/mol. The number of carbonyl (C=O) groups excluding carboxylic acids is 1. The minimum absolute atomic E-state index is 0.0102. The summed E-state index contributed by atoms with van der Waals surface area (Å²) in [6.07, 6.45) is 3.50. The summed E-state index contributed by atoms with van der Waals surface area (Å²) in [6, 6.07) is 14.8. The summed E-state index contributed by atoms with van der Waals surface area (Å²) in [5, 5.41) is 1.39. The summed E-state index contributed by atoms with van der Waals surface area (Å²) in [5.74, 6) is -0.0102. The molecule has 0 aromatic heterocycles. The highest BCUT2D eigenvalue weighted by Gasteiger charge is 2.15. The van der Waals surface area contributed by atoms with Crippen molar-refractivity contribution in [2.75, 3.05) is 31.1 Å². The van der Waals surface area contributed by atoms with Crippen LogP contribution in [0.5, 0.6) is 0 Å². The van der Waals surface area contributed by atoms with E-state index in [1.165, 1.54) is 0 Å². The van der Waals surface area contributed by atoms with E-state index < -0.39 is 0 Å². The first-order chi connectivity index (χ1) is 11.6. The molecule has 0 bridgehead atoms. The lowest BCUT2D eigenvalue weighted by Gasteiger charge is -2.35. The van der Waals surface area contributed by atoms with E-state index in [0.717, 1.165) is 36.9 Å². The van der Waals surface area contributed by atoms with Gasteiger partial charge in [0, 0.05) is 59.8 Å². The molecule has 1 heterocycles. The summed E-state index contributed by atoms with van der Waals surface area (Å²) in [5.41, 5.74) is 1.79. The second-order valence-electron chi connectivity index (χ2n) is 5.69. The van der Waals surface area contributed by atoms with Gasteiger partial charge >= 0.3 is 0 Å². The molecule has 5 heteroatoms. The van der Waals surface area contributed by atoms with Crippen LogP contribution in [-0.2, 0) is 0 Å². The van der Waals surface area contributed by atoms with Crippen molar-refractivity contribution in [3.05, 3.63) is 76.4 Å². The zero-order valence-electron chi connectivity index (χ0n) is 13.2. The zero-order valence-corrected chi connectivity index (χ0v) is 14.7. The van der Waals surface area contributed by atoms with Crippen molar-refractivity contribution in [1.29, 1.82) is 0 Å². The van der Waals surface area contributed by atoms with Crippen LogP contribution in [0.4, 0.5) is 5.69 Å². The van der Waals surface area contributed by atoms with E-state index in [0.29, 0.717) is 10.6 Å². The van der Waals surface area contributed by atoms with Gasteiger partial charge in [0.15, 0.2) is 5.78 Å². The van der Waals surface area contributed by atoms with Gasteiger partial charge in [-0.05, 0) is 42.5 Å². The first-order valence-electron chi connectivity index (χ1n) is 7.84. The van der Waals surface area contributed by atoms with E-state index in [4.69, 9.17) is 23.2 Å². The maximum absolute atomic E-state index is 12.1. The van der Waals surface area contributed by atoms with Crippen LogP contribution in [0.25, 0.3) is 0 Å². The van der Waals surface area contributed by atoms with Crippen LogP contribution in [0.15, 0.2) is 60.8 Å². The molecule has 1 fully saturated rings. The lowest BCUT2D eigenvalue weighted by Crippen LogP contribution is -2.44. The van der Waals surface area contributed by atoms with Crippen molar-refractivity contribution in [2.45, 2.75) is 0 Å². The fraction of sp³-hybridized carbons (Fsp3) is 0.211. The standard InChI is InChI=1S/C19H18Cl2N2O/c20-16-6-4-15(5-7-16)19(24)8-9-22-10-12-23(13-11-22)18-3-1-2-17(21)14-18/h1-9,14H,10-13H2/b9-8+. The van der Waals surface area contributed by atoms with Gasteiger partial charge in [0.2, 0.25) is 0 Å². The van der Waals surface area contributed by atoms with Crippen LogP contribution in [-0.4, -0.2) is 36.9 Å². The third-order valence-electron chi connectivity index (χ3n) is 4.05. The number of nitrogens with zero attached hydrogens (tertiary/aromatic N) is 2. The van der Waals surface area contributed by atoms with E-state index in [1.54, 1.807) is 30.3 Å². The lowest BCUT2D eigenvalue weighted by molar-refractivity contribution is 0.104. The molecule has 0 aliphatic carbocycles. The Bertz CT molecular complexity index is 735. The summed E-state index contributed by atoms with van der Waals surface area (Å²) < 4.78 is 0. The third-order valence-corrected chi connectivity index (χ3v) is 4.54. The Morgan fingerprint density at radius 1 is 0.917 bits per heavy atom. The minimum atomic E-state index is -0.0102. The van der Waals surface area contributed by atoms with E-state index in [1.807, 2.05) is 24.4 Å². The number of hydrogen-bond acceptors (Lipinski definition) is 3. The number of rotatable bonds is 4. The molecule has 124 valence electrons. The van der Waals surface area contributed by atoms with Crippen molar-refractivity contribution < 1.29 is 4.79 Å². The predicted octanol–water partition coefficient (Wildman–Crippen LogP) is 4.51. The number of benzene rings is 2. The summed E-state index contributed by atoms with van der Waals surface area (Å²) >= 11 is 11.9. The molecule has 1 aliphatic rings. The molecule has 0 N–H and O–H groups in total. The Hall–Kier alpha value is -1.97. The largest absolute Gasteiger partial charge is 0.374 e.